The molecule has 0 aliphatic heterocycles. The first-order valence-corrected chi connectivity index (χ1v) is 7.02. The third kappa shape index (κ3) is 4.85. The van der Waals surface area contributed by atoms with Crippen molar-refractivity contribution in [3.63, 3.8) is 0 Å². The molecule has 0 amide bonds. The SMILES string of the molecule is COCCOCCC(CO)(CO)c1cccc(Br)c1. The van der Waals surface area contributed by atoms with E-state index in [-0.39, 0.29) is 13.2 Å². The fourth-order valence-electron chi connectivity index (χ4n) is 1.87. The summed E-state index contributed by atoms with van der Waals surface area (Å²) in [7, 11) is 1.62. The van der Waals surface area contributed by atoms with Gasteiger partial charge in [-0.1, -0.05) is 28.1 Å². The van der Waals surface area contributed by atoms with E-state index >= 15 is 0 Å². The summed E-state index contributed by atoms with van der Waals surface area (Å²) in [6, 6.07) is 7.64. The molecule has 108 valence electrons. The maximum Gasteiger partial charge on any atom is 0.0700 e. The molecule has 1 aromatic rings. The highest BCUT2D eigenvalue weighted by atomic mass is 79.9. The van der Waals surface area contributed by atoms with Gasteiger partial charge in [-0.05, 0) is 24.1 Å². The van der Waals surface area contributed by atoms with Gasteiger partial charge >= 0.3 is 0 Å². The van der Waals surface area contributed by atoms with Gasteiger partial charge < -0.3 is 19.7 Å². The molecule has 0 aliphatic carbocycles. The van der Waals surface area contributed by atoms with Crippen LogP contribution in [-0.2, 0) is 14.9 Å². The monoisotopic (exact) mass is 332 g/mol. The van der Waals surface area contributed by atoms with Gasteiger partial charge in [0, 0.05) is 23.6 Å². The van der Waals surface area contributed by atoms with Crippen molar-refractivity contribution in [3.05, 3.63) is 34.3 Å². The first kappa shape index (κ1) is 16.6. The maximum atomic E-state index is 9.67. The highest BCUT2D eigenvalue weighted by Gasteiger charge is 2.30. The van der Waals surface area contributed by atoms with Crippen molar-refractivity contribution in [1.29, 1.82) is 0 Å². The van der Waals surface area contributed by atoms with Crippen molar-refractivity contribution in [2.24, 2.45) is 0 Å². The van der Waals surface area contributed by atoms with Crippen LogP contribution in [0, 0.1) is 0 Å². The Hall–Kier alpha value is -0.460. The van der Waals surface area contributed by atoms with Crippen molar-refractivity contribution in [2.75, 3.05) is 40.1 Å². The summed E-state index contributed by atoms with van der Waals surface area (Å²) in [4.78, 5) is 0. The van der Waals surface area contributed by atoms with E-state index in [9.17, 15) is 10.2 Å². The molecule has 1 aromatic carbocycles. The third-order valence-corrected chi connectivity index (χ3v) is 3.69. The van der Waals surface area contributed by atoms with Crippen molar-refractivity contribution in [3.8, 4) is 0 Å². The van der Waals surface area contributed by atoms with Crippen molar-refractivity contribution in [1.82, 2.24) is 0 Å². The zero-order chi connectivity index (χ0) is 14.1. The summed E-state index contributed by atoms with van der Waals surface area (Å²) in [6.45, 7) is 1.29. The molecule has 0 aliphatic rings. The van der Waals surface area contributed by atoms with Gasteiger partial charge in [-0.15, -0.1) is 0 Å². The Kier molecular flexibility index (Phi) is 7.56. The van der Waals surface area contributed by atoms with Gasteiger partial charge in [-0.2, -0.15) is 0 Å². The van der Waals surface area contributed by atoms with E-state index in [0.717, 1.165) is 10.0 Å². The molecule has 0 spiro atoms. The summed E-state index contributed by atoms with van der Waals surface area (Å²) < 4.78 is 11.3. The van der Waals surface area contributed by atoms with Crippen LogP contribution in [-0.4, -0.2) is 50.4 Å². The van der Waals surface area contributed by atoms with Crippen LogP contribution in [0.1, 0.15) is 12.0 Å². The van der Waals surface area contributed by atoms with Crippen molar-refractivity contribution < 1.29 is 19.7 Å². The minimum atomic E-state index is -0.670. The predicted molar refractivity (Wildman–Crippen MR) is 77.3 cm³/mol. The fourth-order valence-corrected chi connectivity index (χ4v) is 2.26. The van der Waals surface area contributed by atoms with Gasteiger partial charge in [-0.3, -0.25) is 0 Å². The Balaban J connectivity index is 2.68. The van der Waals surface area contributed by atoms with Crippen LogP contribution in [0.5, 0.6) is 0 Å². The van der Waals surface area contributed by atoms with Crippen molar-refractivity contribution >= 4 is 15.9 Å². The van der Waals surface area contributed by atoms with Gasteiger partial charge in [0.25, 0.3) is 0 Å². The zero-order valence-corrected chi connectivity index (χ0v) is 12.7. The largest absolute Gasteiger partial charge is 0.395 e. The molecule has 0 unspecified atom stereocenters. The van der Waals surface area contributed by atoms with Gasteiger partial charge in [0.15, 0.2) is 0 Å². The normalized spacial score (nSPS) is 11.8. The van der Waals surface area contributed by atoms with Crippen LogP contribution in [0.3, 0.4) is 0 Å². The highest BCUT2D eigenvalue weighted by molar-refractivity contribution is 9.10. The Morgan fingerprint density at radius 1 is 1.16 bits per heavy atom. The summed E-state index contributed by atoms with van der Waals surface area (Å²) in [5.74, 6) is 0. The Morgan fingerprint density at radius 2 is 1.89 bits per heavy atom. The quantitative estimate of drug-likeness (QED) is 0.676. The van der Waals surface area contributed by atoms with Crippen LogP contribution >= 0.6 is 15.9 Å². The topological polar surface area (TPSA) is 58.9 Å². The van der Waals surface area contributed by atoms with Gasteiger partial charge in [0.05, 0.1) is 26.4 Å². The lowest BCUT2D eigenvalue weighted by molar-refractivity contribution is 0.0390. The van der Waals surface area contributed by atoms with Crippen LogP contribution < -0.4 is 0 Å². The molecule has 0 fully saturated rings. The molecule has 19 heavy (non-hydrogen) atoms. The number of aliphatic hydroxyl groups excluding tert-OH is 2. The standard InChI is InChI=1S/C14H21BrO4/c1-18-7-8-19-6-5-14(10-16,11-17)12-3-2-4-13(15)9-12/h2-4,9,16-17H,5-8,10-11H2,1H3. The third-order valence-electron chi connectivity index (χ3n) is 3.20. The smallest absolute Gasteiger partial charge is 0.0700 e. The van der Waals surface area contributed by atoms with Gasteiger partial charge in [-0.25, -0.2) is 0 Å². The minimum absolute atomic E-state index is 0.117. The second-order valence-corrected chi connectivity index (χ2v) is 5.38. The number of benzene rings is 1. The summed E-state index contributed by atoms with van der Waals surface area (Å²) in [5.41, 5.74) is 0.235. The molecule has 0 saturated heterocycles. The summed E-state index contributed by atoms with van der Waals surface area (Å²) in [5, 5.41) is 19.3. The van der Waals surface area contributed by atoms with E-state index in [1.165, 1.54) is 0 Å². The summed E-state index contributed by atoms with van der Waals surface area (Å²) in [6.07, 6.45) is 0.556. The summed E-state index contributed by atoms with van der Waals surface area (Å²) >= 11 is 3.40. The first-order chi connectivity index (χ1) is 9.18. The number of ether oxygens (including phenoxy) is 2. The molecule has 0 aromatic heterocycles. The number of aliphatic hydroxyl groups is 2. The Labute approximate surface area is 122 Å². The van der Waals surface area contributed by atoms with Crippen molar-refractivity contribution in [2.45, 2.75) is 11.8 Å². The Bertz CT molecular complexity index is 366. The first-order valence-electron chi connectivity index (χ1n) is 6.23. The van der Waals surface area contributed by atoms with Crippen LogP contribution in [0.25, 0.3) is 0 Å². The second-order valence-electron chi connectivity index (χ2n) is 4.46. The van der Waals surface area contributed by atoms with E-state index in [0.29, 0.717) is 26.2 Å². The fraction of sp³-hybridized carbons (Fsp3) is 0.571. The molecule has 0 heterocycles. The lowest BCUT2D eigenvalue weighted by Gasteiger charge is -2.30. The molecular formula is C14H21BrO4. The number of methoxy groups -OCH3 is 1. The van der Waals surface area contributed by atoms with E-state index < -0.39 is 5.41 Å². The average molecular weight is 333 g/mol. The molecule has 0 bridgehead atoms. The maximum absolute atomic E-state index is 9.67. The lowest BCUT2D eigenvalue weighted by Crippen LogP contribution is -2.36. The van der Waals surface area contributed by atoms with E-state index in [1.54, 1.807) is 7.11 Å². The molecule has 2 N–H and O–H groups in total. The Morgan fingerprint density at radius 3 is 2.47 bits per heavy atom. The van der Waals surface area contributed by atoms with Crippen LogP contribution in [0.2, 0.25) is 0 Å². The minimum Gasteiger partial charge on any atom is -0.395 e. The van der Waals surface area contributed by atoms with Gasteiger partial charge in [0.2, 0.25) is 0 Å². The van der Waals surface area contributed by atoms with Gasteiger partial charge in [0.1, 0.15) is 0 Å². The zero-order valence-electron chi connectivity index (χ0n) is 11.1. The molecule has 1 rings (SSSR count). The number of hydrogen-bond acceptors (Lipinski definition) is 4. The van der Waals surface area contributed by atoms with E-state index in [4.69, 9.17) is 9.47 Å². The molecule has 4 nitrogen and oxygen atoms in total. The lowest BCUT2D eigenvalue weighted by atomic mass is 9.79. The molecule has 0 saturated carbocycles. The van der Waals surface area contributed by atoms with E-state index in [1.807, 2.05) is 24.3 Å². The highest BCUT2D eigenvalue weighted by Crippen LogP contribution is 2.29. The average Bonchev–Trinajstić information content (AvgIpc) is 2.43. The van der Waals surface area contributed by atoms with Crippen LogP contribution in [0.15, 0.2) is 28.7 Å². The number of halogens is 1. The van der Waals surface area contributed by atoms with E-state index in [2.05, 4.69) is 15.9 Å². The number of hydrogen-bond donors (Lipinski definition) is 2. The second kappa shape index (κ2) is 8.66. The number of rotatable bonds is 9. The molecule has 0 radical (unpaired) electrons. The van der Waals surface area contributed by atoms with Crippen LogP contribution in [0.4, 0.5) is 0 Å². The predicted octanol–water partition coefficient (Wildman–Crippen LogP) is 1.72. The molecule has 5 heteroatoms. The molecule has 0 atom stereocenters. The molecular weight excluding hydrogens is 312 g/mol.